The molecule has 176 valence electrons. The Labute approximate surface area is 209 Å². The fraction of sp³-hybridized carbons (Fsp3) is 0.103. The number of hydrogen-bond acceptors (Lipinski definition) is 6. The summed E-state index contributed by atoms with van der Waals surface area (Å²) < 4.78 is 6.10. The third-order valence-electron chi connectivity index (χ3n) is 5.10. The highest BCUT2D eigenvalue weighted by Gasteiger charge is 2.09. The lowest BCUT2D eigenvalue weighted by atomic mass is 10.1. The quantitative estimate of drug-likeness (QED) is 0.352. The first-order valence-corrected chi connectivity index (χ1v) is 11.2. The second-order valence-corrected chi connectivity index (χ2v) is 8.09. The van der Waals surface area contributed by atoms with Crippen LogP contribution in [0, 0.1) is 37.0 Å². The van der Waals surface area contributed by atoms with Gasteiger partial charge in [0.15, 0.2) is 0 Å². The van der Waals surface area contributed by atoms with Gasteiger partial charge in [0.1, 0.15) is 5.75 Å². The number of aromatic nitrogens is 2. The van der Waals surface area contributed by atoms with Crippen LogP contribution < -0.4 is 15.4 Å². The highest BCUT2D eigenvalue weighted by atomic mass is 16.5. The van der Waals surface area contributed by atoms with Gasteiger partial charge in [-0.15, -0.1) is 0 Å². The first-order valence-electron chi connectivity index (χ1n) is 11.2. The van der Waals surface area contributed by atoms with Crippen LogP contribution in [0.1, 0.15) is 34.7 Å². The minimum absolute atomic E-state index is 0.122. The van der Waals surface area contributed by atoms with Crippen LogP contribution in [0.2, 0.25) is 0 Å². The van der Waals surface area contributed by atoms with E-state index in [0.29, 0.717) is 28.8 Å². The molecule has 3 aromatic carbocycles. The molecule has 0 bridgehead atoms. The lowest BCUT2D eigenvalue weighted by Crippen LogP contribution is -2.05. The highest BCUT2D eigenvalue weighted by molar-refractivity contribution is 5.88. The summed E-state index contributed by atoms with van der Waals surface area (Å²) in [6, 6.07) is 22.2. The van der Waals surface area contributed by atoms with Gasteiger partial charge in [0.2, 0.25) is 17.7 Å². The Morgan fingerprint density at radius 1 is 0.889 bits per heavy atom. The summed E-state index contributed by atoms with van der Waals surface area (Å²) in [4.78, 5) is 20.0. The zero-order valence-electron chi connectivity index (χ0n) is 20.1. The number of nitriles is 1. The maximum Gasteiger partial charge on any atom is 0.230 e. The number of carbonyl (C=O) groups excluding carboxylic acids is 1. The SMILES string of the molecule is CC(=O)Nc1cccc(C#Cc2cc(C)c(Oc3ccnc(Nc4ccc(C#N)cc4)n3)c(C)c2)c1. The van der Waals surface area contributed by atoms with E-state index in [2.05, 4.69) is 38.5 Å². The van der Waals surface area contributed by atoms with E-state index in [1.165, 1.54) is 6.92 Å². The Bertz CT molecular complexity index is 1500. The van der Waals surface area contributed by atoms with Gasteiger partial charge in [-0.25, -0.2) is 4.98 Å². The number of nitrogens with one attached hydrogen (secondary N) is 2. The van der Waals surface area contributed by atoms with Gasteiger partial charge in [0, 0.05) is 41.7 Å². The molecule has 0 spiro atoms. The van der Waals surface area contributed by atoms with Crippen LogP contribution in [0.3, 0.4) is 0 Å². The monoisotopic (exact) mass is 473 g/mol. The van der Waals surface area contributed by atoms with Crippen molar-refractivity contribution in [3.05, 3.63) is 101 Å². The molecule has 0 unspecified atom stereocenters. The summed E-state index contributed by atoms with van der Waals surface area (Å²) >= 11 is 0. The number of carbonyl (C=O) groups is 1. The van der Waals surface area contributed by atoms with Crippen molar-refractivity contribution >= 4 is 23.2 Å². The Morgan fingerprint density at radius 3 is 2.31 bits per heavy atom. The topological polar surface area (TPSA) is 99.9 Å². The fourth-order valence-corrected chi connectivity index (χ4v) is 3.53. The van der Waals surface area contributed by atoms with Crippen LogP contribution in [-0.4, -0.2) is 15.9 Å². The highest BCUT2D eigenvalue weighted by Crippen LogP contribution is 2.29. The number of amides is 1. The Kier molecular flexibility index (Phi) is 7.24. The van der Waals surface area contributed by atoms with Gasteiger partial charge in [0.25, 0.3) is 0 Å². The molecule has 0 aliphatic carbocycles. The number of nitrogens with zero attached hydrogens (tertiary/aromatic N) is 3. The van der Waals surface area contributed by atoms with E-state index in [9.17, 15) is 4.79 Å². The van der Waals surface area contributed by atoms with Gasteiger partial charge in [-0.3, -0.25) is 4.79 Å². The van der Waals surface area contributed by atoms with Crippen LogP contribution in [-0.2, 0) is 4.79 Å². The van der Waals surface area contributed by atoms with Crippen molar-refractivity contribution in [3.63, 3.8) is 0 Å². The molecular formula is C29H23N5O2. The average molecular weight is 474 g/mol. The normalized spacial score (nSPS) is 9.94. The molecule has 0 aliphatic heterocycles. The molecule has 7 nitrogen and oxygen atoms in total. The van der Waals surface area contributed by atoms with Gasteiger partial charge >= 0.3 is 0 Å². The lowest BCUT2D eigenvalue weighted by molar-refractivity contribution is -0.114. The second-order valence-electron chi connectivity index (χ2n) is 8.09. The summed E-state index contributed by atoms with van der Waals surface area (Å²) in [5.41, 5.74) is 5.56. The molecule has 2 N–H and O–H groups in total. The van der Waals surface area contributed by atoms with Crippen molar-refractivity contribution < 1.29 is 9.53 Å². The van der Waals surface area contributed by atoms with E-state index in [-0.39, 0.29) is 5.91 Å². The Morgan fingerprint density at radius 2 is 1.61 bits per heavy atom. The third-order valence-corrected chi connectivity index (χ3v) is 5.10. The van der Waals surface area contributed by atoms with Crippen molar-refractivity contribution in [3.8, 4) is 29.5 Å². The summed E-state index contributed by atoms with van der Waals surface area (Å²) in [5, 5.41) is 14.8. The molecule has 0 atom stereocenters. The smallest absolute Gasteiger partial charge is 0.230 e. The van der Waals surface area contributed by atoms with Gasteiger partial charge in [-0.1, -0.05) is 17.9 Å². The molecule has 1 aromatic heterocycles. The number of hydrogen-bond donors (Lipinski definition) is 2. The van der Waals surface area contributed by atoms with E-state index in [0.717, 1.165) is 27.9 Å². The third kappa shape index (κ3) is 6.25. The predicted molar refractivity (Wildman–Crippen MR) is 139 cm³/mol. The molecule has 7 heteroatoms. The summed E-state index contributed by atoms with van der Waals surface area (Å²) in [7, 11) is 0. The van der Waals surface area contributed by atoms with Gasteiger partial charge < -0.3 is 15.4 Å². The first-order chi connectivity index (χ1) is 17.4. The first kappa shape index (κ1) is 24.0. The largest absolute Gasteiger partial charge is 0.438 e. The van der Waals surface area contributed by atoms with Crippen molar-refractivity contribution in [1.29, 1.82) is 5.26 Å². The number of anilines is 3. The summed E-state index contributed by atoms with van der Waals surface area (Å²) in [6.45, 7) is 5.39. The van der Waals surface area contributed by atoms with Crippen molar-refractivity contribution in [2.45, 2.75) is 20.8 Å². The molecule has 1 amide bonds. The van der Waals surface area contributed by atoms with Gasteiger partial charge in [-0.05, 0) is 79.6 Å². The fourth-order valence-electron chi connectivity index (χ4n) is 3.53. The Hall–Kier alpha value is -5.14. The van der Waals surface area contributed by atoms with Crippen molar-refractivity contribution in [2.24, 2.45) is 0 Å². The lowest BCUT2D eigenvalue weighted by Gasteiger charge is -2.12. The van der Waals surface area contributed by atoms with Crippen LogP contribution in [0.5, 0.6) is 11.6 Å². The van der Waals surface area contributed by atoms with Crippen molar-refractivity contribution in [1.82, 2.24) is 9.97 Å². The van der Waals surface area contributed by atoms with Crippen LogP contribution in [0.25, 0.3) is 0 Å². The minimum atomic E-state index is -0.122. The molecular weight excluding hydrogens is 450 g/mol. The van der Waals surface area contributed by atoms with Crippen LogP contribution in [0.15, 0.2) is 72.9 Å². The van der Waals surface area contributed by atoms with Crippen molar-refractivity contribution in [2.75, 3.05) is 10.6 Å². The van der Waals surface area contributed by atoms with Gasteiger partial charge in [0.05, 0.1) is 11.6 Å². The number of rotatable bonds is 5. The predicted octanol–water partition coefficient (Wildman–Crippen LogP) is 5.86. The second kappa shape index (κ2) is 10.9. The maximum atomic E-state index is 11.3. The molecule has 4 aromatic rings. The maximum absolute atomic E-state index is 11.3. The van der Waals surface area contributed by atoms with Crippen LogP contribution >= 0.6 is 0 Å². The van der Waals surface area contributed by atoms with E-state index in [1.54, 1.807) is 36.5 Å². The summed E-state index contributed by atoms with van der Waals surface area (Å²) in [6.07, 6.45) is 1.62. The molecule has 0 radical (unpaired) electrons. The van der Waals surface area contributed by atoms with E-state index < -0.39 is 0 Å². The standard InChI is InChI=1S/C29H23N5O2/c1-19-15-24(8-7-22-5-4-6-26(17-22)32-21(3)35)16-20(2)28(19)36-27-13-14-31-29(34-27)33-25-11-9-23(18-30)10-12-25/h4-6,9-17H,1-3H3,(H,32,35)(H,31,33,34). The minimum Gasteiger partial charge on any atom is -0.438 e. The molecule has 36 heavy (non-hydrogen) atoms. The molecule has 1 heterocycles. The molecule has 4 rings (SSSR count). The molecule has 0 aliphatic rings. The molecule has 0 saturated heterocycles. The summed E-state index contributed by atoms with van der Waals surface area (Å²) in [5.74, 6) is 7.70. The molecule has 0 fully saturated rings. The number of ether oxygens (including phenoxy) is 1. The molecule has 0 saturated carbocycles. The van der Waals surface area contributed by atoms with Crippen LogP contribution in [0.4, 0.5) is 17.3 Å². The number of aryl methyl sites for hydroxylation is 2. The Balaban J connectivity index is 1.50. The zero-order valence-corrected chi connectivity index (χ0v) is 20.1. The van der Waals surface area contributed by atoms with E-state index in [4.69, 9.17) is 10.00 Å². The van der Waals surface area contributed by atoms with E-state index >= 15 is 0 Å². The zero-order chi connectivity index (χ0) is 25.5. The number of benzene rings is 3. The average Bonchev–Trinajstić information content (AvgIpc) is 2.85. The van der Waals surface area contributed by atoms with E-state index in [1.807, 2.05) is 50.2 Å². The van der Waals surface area contributed by atoms with Gasteiger partial charge in [-0.2, -0.15) is 10.2 Å².